The predicted molar refractivity (Wildman–Crippen MR) is 65.4 cm³/mol. The maximum absolute atomic E-state index is 10.7. The zero-order valence-corrected chi connectivity index (χ0v) is 9.94. The van der Waals surface area contributed by atoms with Gasteiger partial charge in [-0.05, 0) is 6.07 Å². The molecule has 0 saturated heterocycles. The molecule has 2 heterocycles. The summed E-state index contributed by atoms with van der Waals surface area (Å²) in [7, 11) is 0. The third kappa shape index (κ3) is 2.61. The summed E-state index contributed by atoms with van der Waals surface area (Å²) in [6.45, 7) is 0.359. The average Bonchev–Trinajstić information content (AvgIpc) is 2.85. The SMILES string of the molecule is N#Cc1ccncc1NCc1nc(C(=O)O)cs1. The van der Waals surface area contributed by atoms with Gasteiger partial charge in [0.05, 0.1) is 24.0 Å². The van der Waals surface area contributed by atoms with Gasteiger partial charge in [0.25, 0.3) is 0 Å². The van der Waals surface area contributed by atoms with E-state index in [9.17, 15) is 4.79 Å². The van der Waals surface area contributed by atoms with Crippen molar-refractivity contribution in [1.29, 1.82) is 5.26 Å². The normalized spacial score (nSPS) is 9.72. The first-order valence-corrected chi connectivity index (χ1v) is 5.84. The lowest BCUT2D eigenvalue weighted by Gasteiger charge is -2.04. The number of pyridine rings is 1. The third-order valence-electron chi connectivity index (χ3n) is 2.14. The van der Waals surface area contributed by atoms with E-state index in [-0.39, 0.29) is 5.69 Å². The van der Waals surface area contributed by atoms with E-state index in [0.29, 0.717) is 22.8 Å². The topological polar surface area (TPSA) is 98.9 Å². The van der Waals surface area contributed by atoms with Crippen LogP contribution in [0, 0.1) is 11.3 Å². The predicted octanol–water partition coefficient (Wildman–Crippen LogP) is 1.72. The number of carboxylic acids is 1. The number of nitriles is 1. The summed E-state index contributed by atoms with van der Waals surface area (Å²) in [5.41, 5.74) is 1.12. The number of nitrogens with one attached hydrogen (secondary N) is 1. The van der Waals surface area contributed by atoms with Crippen molar-refractivity contribution in [2.75, 3.05) is 5.32 Å². The summed E-state index contributed by atoms with van der Waals surface area (Å²) in [5, 5.41) is 22.7. The first kappa shape index (κ1) is 12.0. The van der Waals surface area contributed by atoms with Crippen LogP contribution in [0.3, 0.4) is 0 Å². The molecule has 2 rings (SSSR count). The summed E-state index contributed by atoms with van der Waals surface area (Å²) >= 11 is 1.25. The van der Waals surface area contributed by atoms with Crippen LogP contribution in [-0.4, -0.2) is 21.0 Å². The maximum Gasteiger partial charge on any atom is 0.355 e. The number of rotatable bonds is 4. The van der Waals surface area contributed by atoms with Crippen molar-refractivity contribution in [2.45, 2.75) is 6.54 Å². The highest BCUT2D eigenvalue weighted by Crippen LogP contribution is 2.15. The molecule has 0 amide bonds. The first-order chi connectivity index (χ1) is 8.70. The van der Waals surface area contributed by atoms with Crippen molar-refractivity contribution in [1.82, 2.24) is 9.97 Å². The number of aromatic nitrogens is 2. The quantitative estimate of drug-likeness (QED) is 0.868. The number of anilines is 1. The molecule has 0 aliphatic rings. The van der Waals surface area contributed by atoms with Gasteiger partial charge >= 0.3 is 5.97 Å². The average molecular weight is 260 g/mol. The molecule has 0 spiro atoms. The zero-order valence-electron chi connectivity index (χ0n) is 9.12. The van der Waals surface area contributed by atoms with Crippen LogP contribution in [-0.2, 0) is 6.54 Å². The first-order valence-electron chi connectivity index (χ1n) is 4.96. The zero-order chi connectivity index (χ0) is 13.0. The Balaban J connectivity index is 2.07. The molecular weight excluding hydrogens is 252 g/mol. The molecule has 0 fully saturated rings. The van der Waals surface area contributed by atoms with Crippen molar-refractivity contribution < 1.29 is 9.90 Å². The Morgan fingerprint density at radius 2 is 2.44 bits per heavy atom. The van der Waals surface area contributed by atoms with E-state index in [0.717, 1.165) is 0 Å². The van der Waals surface area contributed by atoms with Gasteiger partial charge < -0.3 is 10.4 Å². The Morgan fingerprint density at radius 3 is 3.11 bits per heavy atom. The van der Waals surface area contributed by atoms with Gasteiger partial charge in [-0.3, -0.25) is 4.98 Å². The summed E-state index contributed by atoms with van der Waals surface area (Å²) in [4.78, 5) is 18.5. The molecule has 0 saturated carbocycles. The largest absolute Gasteiger partial charge is 0.476 e. The number of nitrogens with zero attached hydrogens (tertiary/aromatic N) is 3. The van der Waals surface area contributed by atoms with Crippen LogP contribution in [0.15, 0.2) is 23.8 Å². The van der Waals surface area contributed by atoms with Crippen molar-refractivity contribution in [3.8, 4) is 6.07 Å². The fourth-order valence-corrected chi connectivity index (χ4v) is 2.00. The van der Waals surface area contributed by atoms with E-state index in [2.05, 4.69) is 15.3 Å². The molecular formula is C11H8N4O2S. The highest BCUT2D eigenvalue weighted by molar-refractivity contribution is 7.09. The fourth-order valence-electron chi connectivity index (χ4n) is 1.29. The van der Waals surface area contributed by atoms with E-state index in [1.807, 2.05) is 6.07 Å². The van der Waals surface area contributed by atoms with Crippen LogP contribution < -0.4 is 5.32 Å². The molecule has 0 aliphatic heterocycles. The second kappa shape index (κ2) is 5.25. The Bertz CT molecular complexity index is 618. The van der Waals surface area contributed by atoms with Crippen LogP contribution >= 0.6 is 11.3 Å². The number of thiazole rings is 1. The molecule has 7 heteroatoms. The van der Waals surface area contributed by atoms with Crippen LogP contribution in [0.1, 0.15) is 21.1 Å². The lowest BCUT2D eigenvalue weighted by molar-refractivity contribution is 0.0691. The van der Waals surface area contributed by atoms with Gasteiger partial charge in [0.2, 0.25) is 0 Å². The Morgan fingerprint density at radius 1 is 1.61 bits per heavy atom. The van der Waals surface area contributed by atoms with Gasteiger partial charge in [0.15, 0.2) is 5.69 Å². The molecule has 2 aromatic rings. The molecule has 0 bridgehead atoms. The van der Waals surface area contributed by atoms with E-state index in [4.69, 9.17) is 10.4 Å². The Kier molecular flexibility index (Phi) is 3.50. The molecule has 2 N–H and O–H groups in total. The monoisotopic (exact) mass is 260 g/mol. The molecule has 0 atom stereocenters. The van der Waals surface area contributed by atoms with Crippen LogP contribution in [0.4, 0.5) is 5.69 Å². The molecule has 0 radical (unpaired) electrons. The minimum Gasteiger partial charge on any atom is -0.476 e. The maximum atomic E-state index is 10.7. The van der Waals surface area contributed by atoms with Crippen molar-refractivity contribution in [3.63, 3.8) is 0 Å². The van der Waals surface area contributed by atoms with Gasteiger partial charge in [0, 0.05) is 11.6 Å². The minimum absolute atomic E-state index is 0.0310. The van der Waals surface area contributed by atoms with Crippen LogP contribution in [0.25, 0.3) is 0 Å². The van der Waals surface area contributed by atoms with Crippen molar-refractivity contribution in [3.05, 3.63) is 40.1 Å². The van der Waals surface area contributed by atoms with Crippen molar-refractivity contribution in [2.24, 2.45) is 0 Å². The second-order valence-corrected chi connectivity index (χ2v) is 4.26. The smallest absolute Gasteiger partial charge is 0.355 e. The summed E-state index contributed by atoms with van der Waals surface area (Å²) in [6, 6.07) is 3.65. The summed E-state index contributed by atoms with van der Waals surface area (Å²) in [6.07, 6.45) is 3.08. The van der Waals surface area contributed by atoms with Crippen LogP contribution in [0.2, 0.25) is 0 Å². The van der Waals surface area contributed by atoms with Crippen molar-refractivity contribution >= 4 is 23.0 Å². The summed E-state index contributed by atoms with van der Waals surface area (Å²) < 4.78 is 0. The van der Waals surface area contributed by atoms with Gasteiger partial charge in [-0.15, -0.1) is 11.3 Å². The second-order valence-electron chi connectivity index (χ2n) is 3.32. The number of hydrogen-bond donors (Lipinski definition) is 2. The molecule has 0 unspecified atom stereocenters. The van der Waals surface area contributed by atoms with Gasteiger partial charge in [-0.1, -0.05) is 0 Å². The van der Waals surface area contributed by atoms with E-state index >= 15 is 0 Å². The summed E-state index contributed by atoms with van der Waals surface area (Å²) in [5.74, 6) is -1.04. The van der Waals surface area contributed by atoms with E-state index in [1.165, 1.54) is 22.9 Å². The number of carbonyl (C=O) groups is 1. The lowest BCUT2D eigenvalue weighted by Crippen LogP contribution is -2.03. The minimum atomic E-state index is -1.04. The fraction of sp³-hybridized carbons (Fsp3) is 0.0909. The molecule has 0 aliphatic carbocycles. The van der Waals surface area contributed by atoms with E-state index < -0.39 is 5.97 Å². The molecule has 18 heavy (non-hydrogen) atoms. The number of hydrogen-bond acceptors (Lipinski definition) is 6. The highest BCUT2D eigenvalue weighted by atomic mass is 32.1. The third-order valence-corrected chi connectivity index (χ3v) is 2.99. The van der Waals surface area contributed by atoms with Gasteiger partial charge in [-0.2, -0.15) is 5.26 Å². The standard InChI is InChI=1S/C11H8N4O2S/c12-3-7-1-2-13-4-8(7)14-5-10-15-9(6-18-10)11(16)17/h1-2,4,6,14H,5H2,(H,16,17). The van der Waals surface area contributed by atoms with Gasteiger partial charge in [0.1, 0.15) is 11.1 Å². The van der Waals surface area contributed by atoms with Crippen LogP contribution in [0.5, 0.6) is 0 Å². The number of carboxylic acid groups (broad SMARTS) is 1. The lowest BCUT2D eigenvalue weighted by atomic mass is 10.2. The highest BCUT2D eigenvalue weighted by Gasteiger charge is 2.08. The molecule has 6 nitrogen and oxygen atoms in total. The Hall–Kier alpha value is -2.46. The number of aromatic carboxylic acids is 1. The Labute approximate surface area is 107 Å². The molecule has 2 aromatic heterocycles. The van der Waals surface area contributed by atoms with Gasteiger partial charge in [-0.25, -0.2) is 9.78 Å². The van der Waals surface area contributed by atoms with E-state index in [1.54, 1.807) is 12.3 Å². The molecule has 90 valence electrons. The molecule has 0 aromatic carbocycles.